The largest absolute Gasteiger partial charge is 0.342 e. The van der Waals surface area contributed by atoms with Crippen LogP contribution in [-0.4, -0.2) is 21.7 Å². The summed E-state index contributed by atoms with van der Waals surface area (Å²) in [6, 6.07) is 6.74. The number of ketones is 1. The molecule has 114 valence electrons. The Morgan fingerprint density at radius 2 is 1.86 bits per heavy atom. The number of rotatable bonds is 7. The third kappa shape index (κ3) is 4.22. The number of nitrogens with zero attached hydrogens (tertiary/aromatic N) is 2. The minimum absolute atomic E-state index is 0.207. The summed E-state index contributed by atoms with van der Waals surface area (Å²) in [5, 5.41) is 2.81. The van der Waals surface area contributed by atoms with Crippen molar-refractivity contribution in [1.29, 1.82) is 0 Å². The highest BCUT2D eigenvalue weighted by Gasteiger charge is 2.21. The van der Waals surface area contributed by atoms with E-state index in [0.717, 1.165) is 24.8 Å². The van der Waals surface area contributed by atoms with E-state index in [2.05, 4.69) is 22.2 Å². The Morgan fingerprint density at radius 3 is 2.45 bits per heavy atom. The van der Waals surface area contributed by atoms with E-state index in [-0.39, 0.29) is 6.04 Å². The van der Waals surface area contributed by atoms with Crippen LogP contribution in [0.1, 0.15) is 48.1 Å². The molecule has 0 bridgehead atoms. The van der Waals surface area contributed by atoms with Crippen molar-refractivity contribution < 1.29 is 9.59 Å². The van der Waals surface area contributed by atoms with Crippen LogP contribution in [0.15, 0.2) is 49.1 Å². The highest BCUT2D eigenvalue weighted by Crippen LogP contribution is 2.18. The SMILES string of the molecule is CCCCC(NC(=O)C(=O)c1cccnc1)c1cccnc1. The van der Waals surface area contributed by atoms with Gasteiger partial charge in [-0.1, -0.05) is 25.8 Å². The van der Waals surface area contributed by atoms with Gasteiger partial charge in [0.25, 0.3) is 11.7 Å². The molecule has 0 aliphatic carbocycles. The summed E-state index contributed by atoms with van der Waals surface area (Å²) in [5.74, 6) is -1.18. The lowest BCUT2D eigenvalue weighted by Crippen LogP contribution is -2.34. The molecule has 0 spiro atoms. The summed E-state index contributed by atoms with van der Waals surface area (Å²) in [7, 11) is 0. The Bertz CT molecular complexity index is 614. The first-order valence-corrected chi connectivity index (χ1v) is 7.37. The first kappa shape index (κ1) is 15.8. The summed E-state index contributed by atoms with van der Waals surface area (Å²) in [6.07, 6.45) is 9.11. The highest BCUT2D eigenvalue weighted by molar-refractivity contribution is 6.42. The highest BCUT2D eigenvalue weighted by atomic mass is 16.2. The van der Waals surface area contributed by atoms with Gasteiger partial charge in [0.1, 0.15) is 0 Å². The van der Waals surface area contributed by atoms with E-state index in [9.17, 15) is 9.59 Å². The molecule has 0 fully saturated rings. The fourth-order valence-electron chi connectivity index (χ4n) is 2.16. The maximum atomic E-state index is 12.2. The molecule has 2 aromatic rings. The summed E-state index contributed by atoms with van der Waals surface area (Å²) in [6.45, 7) is 2.09. The molecule has 0 aromatic carbocycles. The molecule has 0 radical (unpaired) electrons. The third-order valence-electron chi connectivity index (χ3n) is 3.37. The van der Waals surface area contributed by atoms with Crippen LogP contribution in [0.3, 0.4) is 0 Å². The molecule has 5 nitrogen and oxygen atoms in total. The van der Waals surface area contributed by atoms with Crippen LogP contribution in [0.25, 0.3) is 0 Å². The molecule has 2 heterocycles. The lowest BCUT2D eigenvalue weighted by molar-refractivity contribution is -0.117. The van der Waals surface area contributed by atoms with Gasteiger partial charge >= 0.3 is 0 Å². The average Bonchev–Trinajstić information content (AvgIpc) is 2.59. The Kier molecular flexibility index (Phi) is 5.77. The van der Waals surface area contributed by atoms with E-state index in [1.54, 1.807) is 30.7 Å². The van der Waals surface area contributed by atoms with Gasteiger partial charge in [0.15, 0.2) is 0 Å². The molecular weight excluding hydrogens is 278 g/mol. The van der Waals surface area contributed by atoms with Crippen molar-refractivity contribution in [2.24, 2.45) is 0 Å². The van der Waals surface area contributed by atoms with Crippen LogP contribution >= 0.6 is 0 Å². The number of unbranched alkanes of at least 4 members (excludes halogenated alkanes) is 1. The van der Waals surface area contributed by atoms with Gasteiger partial charge in [-0.25, -0.2) is 0 Å². The van der Waals surface area contributed by atoms with Crippen LogP contribution in [0.2, 0.25) is 0 Å². The van der Waals surface area contributed by atoms with E-state index in [0.29, 0.717) is 5.56 Å². The van der Waals surface area contributed by atoms with E-state index < -0.39 is 11.7 Å². The van der Waals surface area contributed by atoms with Crippen molar-refractivity contribution in [3.05, 3.63) is 60.2 Å². The van der Waals surface area contributed by atoms with Crippen molar-refractivity contribution in [2.45, 2.75) is 32.2 Å². The van der Waals surface area contributed by atoms with Crippen molar-refractivity contribution in [3.63, 3.8) is 0 Å². The van der Waals surface area contributed by atoms with Gasteiger partial charge in [-0.3, -0.25) is 19.6 Å². The maximum Gasteiger partial charge on any atom is 0.292 e. The van der Waals surface area contributed by atoms with Gasteiger partial charge in [-0.05, 0) is 30.2 Å². The number of pyridine rings is 2. The summed E-state index contributed by atoms with van der Waals surface area (Å²) >= 11 is 0. The van der Waals surface area contributed by atoms with Gasteiger partial charge in [-0.15, -0.1) is 0 Å². The molecule has 0 saturated carbocycles. The second-order valence-corrected chi connectivity index (χ2v) is 5.03. The predicted molar refractivity (Wildman–Crippen MR) is 83.2 cm³/mol. The molecule has 0 saturated heterocycles. The van der Waals surface area contributed by atoms with Gasteiger partial charge in [0, 0.05) is 30.4 Å². The minimum atomic E-state index is -0.613. The second-order valence-electron chi connectivity index (χ2n) is 5.03. The third-order valence-corrected chi connectivity index (χ3v) is 3.37. The summed E-state index contributed by atoms with van der Waals surface area (Å²) < 4.78 is 0. The molecule has 5 heteroatoms. The van der Waals surface area contributed by atoms with Crippen molar-refractivity contribution >= 4 is 11.7 Å². The van der Waals surface area contributed by atoms with Crippen LogP contribution in [-0.2, 0) is 4.79 Å². The molecular formula is C17H19N3O2. The topological polar surface area (TPSA) is 72.0 Å². The van der Waals surface area contributed by atoms with Crippen LogP contribution in [0.4, 0.5) is 0 Å². The number of hydrogen-bond acceptors (Lipinski definition) is 4. The van der Waals surface area contributed by atoms with Crippen molar-refractivity contribution in [3.8, 4) is 0 Å². The standard InChI is InChI=1S/C17H19N3O2/c1-2-3-8-15(13-6-4-9-18-11-13)20-17(22)16(21)14-7-5-10-19-12-14/h4-7,9-12,15H,2-3,8H2,1H3,(H,20,22). The Hall–Kier alpha value is -2.56. The van der Waals surface area contributed by atoms with Crippen LogP contribution in [0, 0.1) is 0 Å². The van der Waals surface area contributed by atoms with Crippen LogP contribution in [0.5, 0.6) is 0 Å². The minimum Gasteiger partial charge on any atom is -0.342 e. The predicted octanol–water partition coefficient (Wildman–Crippen LogP) is 2.71. The number of carbonyl (C=O) groups is 2. The maximum absolute atomic E-state index is 12.2. The monoisotopic (exact) mass is 297 g/mol. The number of nitrogens with one attached hydrogen (secondary N) is 1. The van der Waals surface area contributed by atoms with E-state index in [1.807, 2.05) is 12.1 Å². The number of carbonyl (C=O) groups excluding carboxylic acids is 2. The number of Topliss-reactive ketones (excluding diaryl/α,β-unsaturated/α-hetero) is 1. The molecule has 1 amide bonds. The first-order chi connectivity index (χ1) is 10.7. The molecule has 1 N–H and O–H groups in total. The number of aromatic nitrogens is 2. The lowest BCUT2D eigenvalue weighted by Gasteiger charge is -2.18. The molecule has 22 heavy (non-hydrogen) atoms. The fourth-order valence-corrected chi connectivity index (χ4v) is 2.16. The number of hydrogen-bond donors (Lipinski definition) is 1. The smallest absolute Gasteiger partial charge is 0.292 e. The Labute approximate surface area is 129 Å². The van der Waals surface area contributed by atoms with Gasteiger partial charge in [0.05, 0.1) is 6.04 Å². The summed E-state index contributed by atoms with van der Waals surface area (Å²) in [5.41, 5.74) is 1.20. The zero-order valence-corrected chi connectivity index (χ0v) is 12.5. The van der Waals surface area contributed by atoms with Crippen molar-refractivity contribution in [1.82, 2.24) is 15.3 Å². The molecule has 1 atom stereocenters. The molecule has 2 aromatic heterocycles. The first-order valence-electron chi connectivity index (χ1n) is 7.37. The fraction of sp³-hybridized carbons (Fsp3) is 0.294. The molecule has 0 aliphatic heterocycles. The summed E-state index contributed by atoms with van der Waals surface area (Å²) in [4.78, 5) is 32.2. The molecule has 2 rings (SSSR count). The average molecular weight is 297 g/mol. The Balaban J connectivity index is 2.09. The van der Waals surface area contributed by atoms with E-state index in [4.69, 9.17) is 0 Å². The normalized spacial score (nSPS) is 11.7. The second kappa shape index (κ2) is 8.02. The van der Waals surface area contributed by atoms with Crippen molar-refractivity contribution in [2.75, 3.05) is 0 Å². The van der Waals surface area contributed by atoms with Gasteiger partial charge in [-0.2, -0.15) is 0 Å². The van der Waals surface area contributed by atoms with Gasteiger partial charge < -0.3 is 5.32 Å². The zero-order valence-electron chi connectivity index (χ0n) is 12.5. The molecule has 1 unspecified atom stereocenters. The van der Waals surface area contributed by atoms with Crippen LogP contribution < -0.4 is 5.32 Å². The molecule has 0 aliphatic rings. The van der Waals surface area contributed by atoms with Gasteiger partial charge in [0.2, 0.25) is 0 Å². The zero-order chi connectivity index (χ0) is 15.8. The van der Waals surface area contributed by atoms with E-state index in [1.165, 1.54) is 6.20 Å². The number of amides is 1. The lowest BCUT2D eigenvalue weighted by atomic mass is 10.0. The quantitative estimate of drug-likeness (QED) is 0.630. The Morgan fingerprint density at radius 1 is 1.14 bits per heavy atom. The van der Waals surface area contributed by atoms with E-state index >= 15 is 0 Å².